The summed E-state index contributed by atoms with van der Waals surface area (Å²) in [4.78, 5) is 25.8. The van der Waals surface area contributed by atoms with E-state index in [9.17, 15) is 14.7 Å². The lowest BCUT2D eigenvalue weighted by atomic mass is 9.84. The molecular weight excluding hydrogens is 286 g/mol. The lowest BCUT2D eigenvalue weighted by Crippen LogP contribution is -2.46. The van der Waals surface area contributed by atoms with Crippen LogP contribution in [-0.2, 0) is 4.79 Å². The number of carbonyl (C=O) groups is 2. The molecule has 0 radical (unpaired) electrons. The van der Waals surface area contributed by atoms with Crippen molar-refractivity contribution in [2.75, 3.05) is 7.11 Å². The van der Waals surface area contributed by atoms with E-state index in [1.807, 2.05) is 0 Å². The number of amides is 1. The Kier molecular flexibility index (Phi) is 3.96. The number of likely N-dealkylation sites (tertiary alicyclic amines) is 1. The predicted octanol–water partition coefficient (Wildman–Crippen LogP) is 1.34. The van der Waals surface area contributed by atoms with Crippen LogP contribution in [0.25, 0.3) is 0 Å². The van der Waals surface area contributed by atoms with E-state index in [1.54, 1.807) is 6.07 Å². The van der Waals surface area contributed by atoms with Gasteiger partial charge in [0, 0.05) is 12.1 Å². The molecule has 1 aliphatic heterocycles. The minimum absolute atomic E-state index is 0.00579. The molecule has 0 aromatic carbocycles. The number of rotatable bonds is 3. The molecule has 118 valence electrons. The Hall–Kier alpha value is -2.18. The van der Waals surface area contributed by atoms with Gasteiger partial charge in [-0.1, -0.05) is 12.8 Å². The number of hydrogen-bond acceptors (Lipinski definition) is 5. The topological polar surface area (TPSA) is 92.6 Å². The lowest BCUT2D eigenvalue weighted by molar-refractivity contribution is -0.141. The van der Waals surface area contributed by atoms with E-state index in [0.717, 1.165) is 25.7 Å². The number of aliphatic carboxylic acids is 1. The van der Waals surface area contributed by atoms with Gasteiger partial charge >= 0.3 is 5.97 Å². The van der Waals surface area contributed by atoms with Crippen LogP contribution in [0.15, 0.2) is 12.1 Å². The van der Waals surface area contributed by atoms with Crippen LogP contribution in [0.5, 0.6) is 5.88 Å². The maximum Gasteiger partial charge on any atom is 0.326 e. The highest BCUT2D eigenvalue weighted by Crippen LogP contribution is 2.40. The summed E-state index contributed by atoms with van der Waals surface area (Å²) in [6.45, 7) is 0. The van der Waals surface area contributed by atoms with Gasteiger partial charge in [-0.2, -0.15) is 0 Å². The van der Waals surface area contributed by atoms with Crippen molar-refractivity contribution in [3.63, 3.8) is 0 Å². The molecule has 1 amide bonds. The number of fused-ring (bicyclic) bond motifs is 1. The Balaban J connectivity index is 1.88. The second-order valence-corrected chi connectivity index (χ2v) is 5.87. The van der Waals surface area contributed by atoms with Crippen LogP contribution in [0, 0.1) is 5.92 Å². The average molecular weight is 305 g/mol. The number of carbonyl (C=O) groups excluding carboxylic acids is 1. The first-order valence-corrected chi connectivity index (χ1v) is 7.55. The van der Waals surface area contributed by atoms with E-state index >= 15 is 0 Å². The molecular formula is C15H19N3O4. The Morgan fingerprint density at radius 1 is 1.27 bits per heavy atom. The zero-order chi connectivity index (χ0) is 15.7. The van der Waals surface area contributed by atoms with Crippen LogP contribution in [0.4, 0.5) is 0 Å². The predicted molar refractivity (Wildman–Crippen MR) is 76.5 cm³/mol. The van der Waals surface area contributed by atoms with Crippen LogP contribution in [0.3, 0.4) is 0 Å². The van der Waals surface area contributed by atoms with Crippen molar-refractivity contribution in [2.24, 2.45) is 5.92 Å². The molecule has 1 aliphatic carbocycles. The number of ether oxygens (including phenoxy) is 1. The summed E-state index contributed by atoms with van der Waals surface area (Å²) in [5.41, 5.74) is 0.165. The van der Waals surface area contributed by atoms with Crippen LogP contribution in [0.2, 0.25) is 0 Å². The van der Waals surface area contributed by atoms with Gasteiger partial charge < -0.3 is 14.7 Å². The quantitative estimate of drug-likeness (QED) is 0.906. The van der Waals surface area contributed by atoms with Gasteiger partial charge in [0.15, 0.2) is 5.69 Å². The van der Waals surface area contributed by atoms with E-state index in [0.29, 0.717) is 12.3 Å². The number of aromatic nitrogens is 2. The van der Waals surface area contributed by atoms with Gasteiger partial charge in [-0.05, 0) is 31.2 Å². The van der Waals surface area contributed by atoms with Gasteiger partial charge in [0.05, 0.1) is 7.11 Å². The van der Waals surface area contributed by atoms with Gasteiger partial charge in [-0.3, -0.25) is 4.79 Å². The average Bonchev–Trinajstić information content (AvgIpc) is 2.94. The van der Waals surface area contributed by atoms with Gasteiger partial charge in [-0.25, -0.2) is 4.79 Å². The summed E-state index contributed by atoms with van der Waals surface area (Å²) in [7, 11) is 1.47. The van der Waals surface area contributed by atoms with Crippen LogP contribution in [-0.4, -0.2) is 51.3 Å². The fraction of sp³-hybridized carbons (Fsp3) is 0.600. The highest BCUT2D eigenvalue weighted by Gasteiger charge is 2.48. The van der Waals surface area contributed by atoms with Gasteiger partial charge in [-0.15, -0.1) is 10.2 Å². The Morgan fingerprint density at radius 3 is 2.68 bits per heavy atom. The van der Waals surface area contributed by atoms with Gasteiger partial charge in [0.25, 0.3) is 5.91 Å². The third-order valence-electron chi connectivity index (χ3n) is 4.68. The molecule has 1 saturated heterocycles. The molecule has 0 unspecified atom stereocenters. The zero-order valence-electron chi connectivity index (χ0n) is 12.4. The molecule has 7 heteroatoms. The fourth-order valence-corrected chi connectivity index (χ4v) is 3.65. The van der Waals surface area contributed by atoms with E-state index in [-0.39, 0.29) is 23.6 Å². The van der Waals surface area contributed by atoms with E-state index in [1.165, 1.54) is 18.1 Å². The highest BCUT2D eigenvalue weighted by atomic mass is 16.5. The van der Waals surface area contributed by atoms with E-state index in [2.05, 4.69) is 10.2 Å². The molecule has 2 heterocycles. The smallest absolute Gasteiger partial charge is 0.326 e. The first-order valence-electron chi connectivity index (χ1n) is 7.55. The minimum Gasteiger partial charge on any atom is -0.480 e. The second kappa shape index (κ2) is 5.90. The highest BCUT2D eigenvalue weighted by molar-refractivity contribution is 5.95. The normalized spacial score (nSPS) is 27.3. The number of carboxylic acids is 1. The maximum atomic E-state index is 12.7. The lowest BCUT2D eigenvalue weighted by Gasteiger charge is -2.32. The number of carboxylic acid groups (broad SMARTS) is 1. The first-order chi connectivity index (χ1) is 10.6. The number of hydrogen-bond donors (Lipinski definition) is 1. The molecule has 0 bridgehead atoms. The first kappa shape index (κ1) is 14.7. The van der Waals surface area contributed by atoms with Crippen molar-refractivity contribution >= 4 is 11.9 Å². The van der Waals surface area contributed by atoms with Crippen LogP contribution in [0.1, 0.15) is 42.6 Å². The van der Waals surface area contributed by atoms with Crippen molar-refractivity contribution in [2.45, 2.75) is 44.2 Å². The summed E-state index contributed by atoms with van der Waals surface area (Å²) in [5, 5.41) is 17.1. The SMILES string of the molecule is COc1ccc(C(=O)N2[C@H](C(=O)O)C[C@H]3CCCC[C@@H]32)nn1. The molecule has 3 rings (SSSR count). The summed E-state index contributed by atoms with van der Waals surface area (Å²) >= 11 is 0. The second-order valence-electron chi connectivity index (χ2n) is 5.87. The molecule has 1 aromatic rings. The molecule has 1 saturated carbocycles. The third kappa shape index (κ3) is 2.51. The van der Waals surface area contributed by atoms with Crippen LogP contribution >= 0.6 is 0 Å². The van der Waals surface area contributed by atoms with Gasteiger partial charge in [0.2, 0.25) is 5.88 Å². The molecule has 3 atom stereocenters. The molecule has 1 aromatic heterocycles. The molecule has 7 nitrogen and oxygen atoms in total. The van der Waals surface area contributed by atoms with Crippen molar-refractivity contribution in [1.82, 2.24) is 15.1 Å². The van der Waals surface area contributed by atoms with E-state index < -0.39 is 12.0 Å². The zero-order valence-corrected chi connectivity index (χ0v) is 12.4. The molecule has 2 fully saturated rings. The monoisotopic (exact) mass is 305 g/mol. The van der Waals surface area contributed by atoms with E-state index in [4.69, 9.17) is 4.74 Å². The Morgan fingerprint density at radius 2 is 2.05 bits per heavy atom. The minimum atomic E-state index is -0.941. The summed E-state index contributed by atoms with van der Waals surface area (Å²) < 4.78 is 4.93. The molecule has 0 spiro atoms. The molecule has 22 heavy (non-hydrogen) atoms. The Labute approximate surface area is 128 Å². The van der Waals surface area contributed by atoms with Gasteiger partial charge in [0.1, 0.15) is 6.04 Å². The summed E-state index contributed by atoms with van der Waals surface area (Å²) in [5.74, 6) is -0.686. The molecule has 2 aliphatic rings. The fourth-order valence-electron chi connectivity index (χ4n) is 3.65. The third-order valence-corrected chi connectivity index (χ3v) is 4.68. The molecule has 1 N–H and O–H groups in total. The largest absolute Gasteiger partial charge is 0.480 e. The summed E-state index contributed by atoms with van der Waals surface area (Å²) in [6, 6.07) is 2.34. The summed E-state index contributed by atoms with van der Waals surface area (Å²) in [6.07, 6.45) is 4.54. The van der Waals surface area contributed by atoms with Crippen molar-refractivity contribution in [3.8, 4) is 5.88 Å². The van der Waals surface area contributed by atoms with Crippen molar-refractivity contribution in [1.29, 1.82) is 0 Å². The van der Waals surface area contributed by atoms with Crippen LogP contribution < -0.4 is 4.74 Å². The van der Waals surface area contributed by atoms with Crippen molar-refractivity contribution in [3.05, 3.63) is 17.8 Å². The maximum absolute atomic E-state index is 12.7. The number of nitrogens with zero attached hydrogens (tertiary/aromatic N) is 3. The number of methoxy groups -OCH3 is 1. The standard InChI is InChI=1S/C15H19N3O4/c1-22-13-7-6-10(16-17-13)14(19)18-11-5-3-2-4-9(11)8-12(18)15(20)21/h6-7,9,11-12H,2-5,8H2,1H3,(H,20,21)/t9-,11+,12+/m1/s1. The van der Waals surface area contributed by atoms with Crippen molar-refractivity contribution < 1.29 is 19.4 Å². The Bertz CT molecular complexity index is 575.